The Morgan fingerprint density at radius 3 is 2.79 bits per heavy atom. The third-order valence-electron chi connectivity index (χ3n) is 3.55. The van der Waals surface area contributed by atoms with Crippen LogP contribution >= 0.6 is 0 Å². The van der Waals surface area contributed by atoms with Crippen LogP contribution < -0.4 is 15.8 Å². The van der Waals surface area contributed by atoms with Crippen LogP contribution in [0.4, 0.5) is 5.69 Å². The zero-order chi connectivity index (χ0) is 13.5. The van der Waals surface area contributed by atoms with Crippen molar-refractivity contribution in [2.24, 2.45) is 0 Å². The minimum atomic E-state index is 0.0212. The average molecular weight is 264 g/mol. The lowest BCUT2D eigenvalue weighted by Gasteiger charge is -2.17. The zero-order valence-corrected chi connectivity index (χ0v) is 11.8. The summed E-state index contributed by atoms with van der Waals surface area (Å²) in [5.74, 6) is 0. The number of anilines is 1. The van der Waals surface area contributed by atoms with Gasteiger partial charge in [0.05, 0.1) is 11.9 Å². The Kier molecular flexibility index (Phi) is 5.39. The highest BCUT2D eigenvalue weighted by molar-refractivity contribution is 5.43. The van der Waals surface area contributed by atoms with Gasteiger partial charge < -0.3 is 10.2 Å². The summed E-state index contributed by atoms with van der Waals surface area (Å²) >= 11 is 0. The summed E-state index contributed by atoms with van der Waals surface area (Å²) in [5, 5.41) is 7.56. The molecule has 0 bridgehead atoms. The molecular weight excluding hydrogens is 240 g/mol. The molecular formula is C14H24N4O. The first kappa shape index (κ1) is 14.1. The number of nitrogens with zero attached hydrogens (tertiary/aromatic N) is 3. The molecule has 0 spiro atoms. The Bertz CT molecular complexity index is 437. The van der Waals surface area contributed by atoms with Crippen LogP contribution in [0.5, 0.6) is 0 Å². The van der Waals surface area contributed by atoms with E-state index in [4.69, 9.17) is 0 Å². The molecule has 1 aromatic rings. The van der Waals surface area contributed by atoms with Crippen molar-refractivity contribution in [1.82, 2.24) is 15.1 Å². The lowest BCUT2D eigenvalue weighted by Crippen LogP contribution is -2.26. The van der Waals surface area contributed by atoms with E-state index >= 15 is 0 Å². The van der Waals surface area contributed by atoms with E-state index in [0.717, 1.165) is 44.7 Å². The Balaban J connectivity index is 1.86. The fourth-order valence-corrected chi connectivity index (χ4v) is 2.43. The largest absolute Gasteiger partial charge is 0.370 e. The van der Waals surface area contributed by atoms with E-state index in [1.54, 1.807) is 10.7 Å². The Morgan fingerprint density at radius 2 is 2.11 bits per heavy atom. The van der Waals surface area contributed by atoms with Crippen molar-refractivity contribution in [3.8, 4) is 0 Å². The maximum Gasteiger partial charge on any atom is 0.268 e. The molecule has 0 saturated carbocycles. The van der Waals surface area contributed by atoms with Crippen LogP contribution in [0.25, 0.3) is 0 Å². The van der Waals surface area contributed by atoms with Crippen molar-refractivity contribution < 1.29 is 0 Å². The zero-order valence-electron chi connectivity index (χ0n) is 11.8. The number of aryl methyl sites for hydroxylation is 1. The molecule has 1 fully saturated rings. The van der Waals surface area contributed by atoms with Crippen molar-refractivity contribution in [2.75, 3.05) is 31.1 Å². The van der Waals surface area contributed by atoms with Gasteiger partial charge in [0.25, 0.3) is 5.56 Å². The summed E-state index contributed by atoms with van der Waals surface area (Å²) in [6, 6.07) is 1.72. The minimum Gasteiger partial charge on any atom is -0.370 e. The van der Waals surface area contributed by atoms with Gasteiger partial charge >= 0.3 is 0 Å². The summed E-state index contributed by atoms with van der Waals surface area (Å²) in [7, 11) is 0. The van der Waals surface area contributed by atoms with E-state index in [9.17, 15) is 4.79 Å². The first-order chi connectivity index (χ1) is 9.31. The predicted molar refractivity (Wildman–Crippen MR) is 77.7 cm³/mol. The maximum atomic E-state index is 12.0. The summed E-state index contributed by atoms with van der Waals surface area (Å²) in [5.41, 5.74) is 0.999. The normalized spacial score (nSPS) is 15.1. The van der Waals surface area contributed by atoms with Crippen LogP contribution in [0.1, 0.15) is 32.6 Å². The van der Waals surface area contributed by atoms with E-state index in [2.05, 4.69) is 22.2 Å². The number of hydrogen-bond donors (Lipinski definition) is 1. The van der Waals surface area contributed by atoms with Gasteiger partial charge in [-0.1, -0.05) is 6.92 Å². The van der Waals surface area contributed by atoms with Crippen LogP contribution in [0.15, 0.2) is 17.1 Å². The van der Waals surface area contributed by atoms with Crippen molar-refractivity contribution in [3.05, 3.63) is 22.6 Å². The van der Waals surface area contributed by atoms with Gasteiger partial charge in [-0.3, -0.25) is 4.79 Å². The van der Waals surface area contributed by atoms with Crippen molar-refractivity contribution in [2.45, 2.75) is 39.2 Å². The van der Waals surface area contributed by atoms with Crippen molar-refractivity contribution in [1.29, 1.82) is 0 Å². The molecule has 106 valence electrons. The van der Waals surface area contributed by atoms with Gasteiger partial charge in [-0.05, 0) is 38.8 Å². The SMILES string of the molecule is CCNCCCCn1ncc(N2CCCC2)cc1=O. The Labute approximate surface area is 114 Å². The minimum absolute atomic E-state index is 0.0212. The van der Waals surface area contributed by atoms with E-state index in [-0.39, 0.29) is 5.56 Å². The molecule has 0 aromatic carbocycles. The maximum absolute atomic E-state index is 12.0. The molecule has 19 heavy (non-hydrogen) atoms. The average Bonchev–Trinajstić information content (AvgIpc) is 2.94. The van der Waals surface area contributed by atoms with E-state index < -0.39 is 0 Å². The highest BCUT2D eigenvalue weighted by atomic mass is 16.1. The Hall–Kier alpha value is -1.36. The van der Waals surface area contributed by atoms with Gasteiger partial charge in [-0.25, -0.2) is 4.68 Å². The lowest BCUT2D eigenvalue weighted by molar-refractivity contribution is 0.519. The van der Waals surface area contributed by atoms with Crippen LogP contribution in [0.3, 0.4) is 0 Å². The fourth-order valence-electron chi connectivity index (χ4n) is 2.43. The standard InChI is InChI=1S/C14H24N4O/c1-2-15-7-3-4-10-18-14(19)11-13(12-16-18)17-8-5-6-9-17/h11-12,15H,2-10H2,1H3. The van der Waals surface area contributed by atoms with Gasteiger partial charge in [0.15, 0.2) is 0 Å². The molecule has 1 saturated heterocycles. The molecule has 5 nitrogen and oxygen atoms in total. The van der Waals surface area contributed by atoms with Crippen LogP contribution in [0, 0.1) is 0 Å². The van der Waals surface area contributed by atoms with Gasteiger partial charge in [0, 0.05) is 25.7 Å². The first-order valence-electron chi connectivity index (χ1n) is 7.34. The molecule has 1 aliphatic rings. The van der Waals surface area contributed by atoms with E-state index in [0.29, 0.717) is 6.54 Å². The molecule has 1 aromatic heterocycles. The molecule has 2 heterocycles. The molecule has 5 heteroatoms. The number of unbranched alkanes of at least 4 members (excludes halogenated alkanes) is 1. The predicted octanol–water partition coefficient (Wildman–Crippen LogP) is 1.23. The van der Waals surface area contributed by atoms with Gasteiger partial charge in [0.1, 0.15) is 0 Å². The molecule has 0 unspecified atom stereocenters. The third-order valence-corrected chi connectivity index (χ3v) is 3.55. The number of hydrogen-bond acceptors (Lipinski definition) is 4. The summed E-state index contributed by atoms with van der Waals surface area (Å²) < 4.78 is 1.57. The Morgan fingerprint density at radius 1 is 1.32 bits per heavy atom. The topological polar surface area (TPSA) is 50.2 Å². The monoisotopic (exact) mass is 264 g/mol. The van der Waals surface area contributed by atoms with E-state index in [1.165, 1.54) is 12.8 Å². The fraction of sp³-hybridized carbons (Fsp3) is 0.714. The highest BCUT2D eigenvalue weighted by Crippen LogP contribution is 2.16. The van der Waals surface area contributed by atoms with Crippen molar-refractivity contribution >= 4 is 5.69 Å². The molecule has 0 radical (unpaired) electrons. The van der Waals surface area contributed by atoms with Gasteiger partial charge in [-0.2, -0.15) is 5.10 Å². The second kappa shape index (κ2) is 7.28. The first-order valence-corrected chi connectivity index (χ1v) is 7.34. The molecule has 0 amide bonds. The van der Waals surface area contributed by atoms with Crippen LogP contribution in [0.2, 0.25) is 0 Å². The lowest BCUT2D eigenvalue weighted by atomic mass is 10.3. The van der Waals surface area contributed by atoms with E-state index in [1.807, 2.05) is 6.20 Å². The van der Waals surface area contributed by atoms with Gasteiger partial charge in [-0.15, -0.1) is 0 Å². The summed E-state index contributed by atoms with van der Waals surface area (Å²) in [6.07, 6.45) is 6.33. The number of nitrogens with one attached hydrogen (secondary N) is 1. The molecule has 2 rings (SSSR count). The second-order valence-electron chi connectivity index (χ2n) is 5.03. The van der Waals surface area contributed by atoms with Gasteiger partial charge in [0.2, 0.25) is 0 Å². The number of aromatic nitrogens is 2. The highest BCUT2D eigenvalue weighted by Gasteiger charge is 2.13. The van der Waals surface area contributed by atoms with Crippen molar-refractivity contribution in [3.63, 3.8) is 0 Å². The van der Waals surface area contributed by atoms with Crippen LogP contribution in [-0.4, -0.2) is 36.0 Å². The molecule has 0 atom stereocenters. The summed E-state index contributed by atoms with van der Waals surface area (Å²) in [6.45, 7) is 6.93. The van der Waals surface area contributed by atoms with Crippen LogP contribution in [-0.2, 0) is 6.54 Å². The molecule has 0 aliphatic carbocycles. The third kappa shape index (κ3) is 4.06. The smallest absolute Gasteiger partial charge is 0.268 e. The number of rotatable bonds is 7. The molecule has 1 N–H and O–H groups in total. The second-order valence-corrected chi connectivity index (χ2v) is 5.03. The summed E-state index contributed by atoms with van der Waals surface area (Å²) in [4.78, 5) is 14.2. The molecule has 1 aliphatic heterocycles. The quantitative estimate of drug-likeness (QED) is 0.753.